The lowest BCUT2D eigenvalue weighted by atomic mass is 10.0. The fraction of sp³-hybridized carbons (Fsp3) is 0.387. The number of carbonyl (C=O) groups is 1. The first-order valence-electron chi connectivity index (χ1n) is 14.7. The van der Waals surface area contributed by atoms with Crippen molar-refractivity contribution in [2.75, 3.05) is 45.1 Å². The van der Waals surface area contributed by atoms with E-state index in [4.69, 9.17) is 9.72 Å². The van der Waals surface area contributed by atoms with Gasteiger partial charge in [0.1, 0.15) is 17.8 Å². The smallest absolute Gasteiger partial charge is 0.295 e. The van der Waals surface area contributed by atoms with Crippen LogP contribution in [0.15, 0.2) is 59.8 Å². The van der Waals surface area contributed by atoms with Gasteiger partial charge in [-0.25, -0.2) is 13.8 Å². The van der Waals surface area contributed by atoms with E-state index in [0.717, 1.165) is 63.0 Å². The molecule has 230 valence electrons. The van der Waals surface area contributed by atoms with Crippen LogP contribution in [0.2, 0.25) is 0 Å². The number of ether oxygens (including phenoxy) is 1. The summed E-state index contributed by atoms with van der Waals surface area (Å²) in [6.45, 7) is 7.42. The van der Waals surface area contributed by atoms with E-state index < -0.39 is 17.2 Å². The van der Waals surface area contributed by atoms with E-state index >= 15 is 0 Å². The van der Waals surface area contributed by atoms with E-state index in [1.54, 1.807) is 17.0 Å². The van der Waals surface area contributed by atoms with Crippen molar-refractivity contribution in [2.24, 2.45) is 0 Å². The first kappa shape index (κ1) is 29.6. The third-order valence-electron chi connectivity index (χ3n) is 8.21. The van der Waals surface area contributed by atoms with Crippen LogP contribution in [0.5, 0.6) is 11.5 Å². The second-order valence-corrected chi connectivity index (χ2v) is 11.5. The number of aldehydes is 1. The normalized spacial score (nSPS) is 18.4. The van der Waals surface area contributed by atoms with E-state index in [1.807, 2.05) is 10.9 Å². The number of hydrogen-bond acceptors (Lipinski definition) is 9. The Morgan fingerprint density at radius 1 is 1.11 bits per heavy atom. The molecule has 2 aliphatic rings. The maximum atomic E-state index is 14.5. The van der Waals surface area contributed by atoms with Crippen LogP contribution >= 0.6 is 0 Å². The molecule has 4 aromatic rings. The zero-order valence-electron chi connectivity index (χ0n) is 24.5. The molecule has 0 saturated carbocycles. The molecule has 44 heavy (non-hydrogen) atoms. The molecule has 1 N–H and O–H groups in total. The van der Waals surface area contributed by atoms with Crippen LogP contribution in [0.3, 0.4) is 0 Å². The fourth-order valence-corrected chi connectivity index (χ4v) is 5.94. The molecule has 1 aromatic carbocycles. The summed E-state index contributed by atoms with van der Waals surface area (Å²) in [5.41, 5.74) is 1.03. The van der Waals surface area contributed by atoms with Crippen LogP contribution < -0.4 is 15.6 Å². The third-order valence-corrected chi connectivity index (χ3v) is 8.21. The number of piperidine rings is 2. The van der Waals surface area contributed by atoms with Gasteiger partial charge in [-0.15, -0.1) is 0 Å². The SMILES string of the molecule is C=C(C=O)CN1CCC[C@@H](n2c(=O)c(Oc3ccc(F)cc3F)cc3cnc(Nc4cnn(C5CCN(C)CC5)c4)nc32)C1. The summed E-state index contributed by atoms with van der Waals surface area (Å²) >= 11 is 0. The molecule has 2 fully saturated rings. The van der Waals surface area contributed by atoms with Gasteiger partial charge >= 0.3 is 0 Å². The van der Waals surface area contributed by atoms with Crippen molar-refractivity contribution in [3.63, 3.8) is 0 Å². The zero-order valence-corrected chi connectivity index (χ0v) is 24.5. The fourth-order valence-electron chi connectivity index (χ4n) is 5.94. The lowest BCUT2D eigenvalue weighted by Crippen LogP contribution is -2.41. The van der Waals surface area contributed by atoms with E-state index in [2.05, 4.69) is 38.8 Å². The molecule has 13 heteroatoms. The highest BCUT2D eigenvalue weighted by Gasteiger charge is 2.27. The molecule has 1 atom stereocenters. The molecule has 0 aliphatic carbocycles. The lowest BCUT2D eigenvalue weighted by Gasteiger charge is -2.34. The molecule has 2 aliphatic heterocycles. The van der Waals surface area contributed by atoms with Crippen molar-refractivity contribution in [1.82, 2.24) is 34.1 Å². The van der Waals surface area contributed by atoms with Gasteiger partial charge in [0, 0.05) is 36.9 Å². The number of hydrogen-bond donors (Lipinski definition) is 1. The van der Waals surface area contributed by atoms with Crippen molar-refractivity contribution in [3.05, 3.63) is 77.0 Å². The molecule has 6 rings (SSSR count). The first-order chi connectivity index (χ1) is 21.3. The minimum absolute atomic E-state index is 0.138. The first-order valence-corrected chi connectivity index (χ1v) is 14.7. The van der Waals surface area contributed by atoms with E-state index in [-0.39, 0.29) is 23.5 Å². The van der Waals surface area contributed by atoms with E-state index in [1.165, 1.54) is 6.07 Å². The number of fused-ring (bicyclic) bond motifs is 1. The predicted octanol–water partition coefficient (Wildman–Crippen LogP) is 4.46. The summed E-state index contributed by atoms with van der Waals surface area (Å²) in [6.07, 6.45) is 9.44. The summed E-state index contributed by atoms with van der Waals surface area (Å²) in [5.74, 6) is -1.81. The molecule has 2 saturated heterocycles. The van der Waals surface area contributed by atoms with E-state index in [9.17, 15) is 18.4 Å². The van der Waals surface area contributed by atoms with Gasteiger partial charge in [-0.05, 0) is 76.1 Å². The Balaban J connectivity index is 1.35. The van der Waals surface area contributed by atoms with Gasteiger partial charge in [-0.3, -0.25) is 23.7 Å². The van der Waals surface area contributed by atoms with Crippen LogP contribution in [0.1, 0.15) is 37.8 Å². The second-order valence-electron chi connectivity index (χ2n) is 11.5. The van der Waals surface area contributed by atoms with Crippen LogP contribution in [0, 0.1) is 11.6 Å². The Morgan fingerprint density at radius 3 is 2.70 bits per heavy atom. The number of benzene rings is 1. The Labute approximate surface area is 252 Å². The number of anilines is 2. The second kappa shape index (κ2) is 12.6. The number of rotatable bonds is 9. The Hall–Kier alpha value is -4.49. The highest BCUT2D eigenvalue weighted by Crippen LogP contribution is 2.30. The number of likely N-dealkylation sites (tertiary alicyclic amines) is 2. The molecule has 5 heterocycles. The monoisotopic (exact) mass is 604 g/mol. The molecule has 0 radical (unpaired) electrons. The maximum absolute atomic E-state index is 14.5. The van der Waals surface area contributed by atoms with Crippen molar-refractivity contribution in [2.45, 2.75) is 37.8 Å². The third kappa shape index (κ3) is 6.38. The highest BCUT2D eigenvalue weighted by molar-refractivity contribution is 5.77. The van der Waals surface area contributed by atoms with Crippen LogP contribution in [-0.2, 0) is 4.79 Å². The molecular formula is C31H34F2N8O3. The molecular weight excluding hydrogens is 570 g/mol. The van der Waals surface area contributed by atoms with Gasteiger partial charge in [0.15, 0.2) is 17.3 Å². The quantitative estimate of drug-likeness (QED) is 0.219. The Bertz CT molecular complexity index is 1750. The number of pyridine rings is 1. The average Bonchev–Trinajstić information content (AvgIpc) is 3.48. The topological polar surface area (TPSA) is 110 Å². The van der Waals surface area contributed by atoms with Gasteiger partial charge in [0.2, 0.25) is 5.95 Å². The number of halogens is 2. The minimum Gasteiger partial charge on any atom is -0.448 e. The maximum Gasteiger partial charge on any atom is 0.295 e. The van der Waals surface area contributed by atoms with Gasteiger partial charge in [0.05, 0.1) is 24.0 Å². The lowest BCUT2D eigenvalue weighted by molar-refractivity contribution is -0.105. The highest BCUT2D eigenvalue weighted by atomic mass is 19.1. The zero-order chi connectivity index (χ0) is 30.8. The van der Waals surface area contributed by atoms with Crippen molar-refractivity contribution in [1.29, 1.82) is 0 Å². The Kier molecular flexibility index (Phi) is 8.49. The summed E-state index contributed by atoms with van der Waals surface area (Å²) in [4.78, 5) is 38.8. The molecule has 3 aromatic heterocycles. The van der Waals surface area contributed by atoms with Crippen molar-refractivity contribution in [3.8, 4) is 11.5 Å². The summed E-state index contributed by atoms with van der Waals surface area (Å²) < 4.78 is 37.2. The molecule has 0 spiro atoms. The number of carbonyl (C=O) groups excluding carboxylic acids is 1. The number of nitrogens with zero attached hydrogens (tertiary/aromatic N) is 7. The van der Waals surface area contributed by atoms with Crippen LogP contribution in [0.25, 0.3) is 11.0 Å². The number of aromatic nitrogens is 5. The summed E-state index contributed by atoms with van der Waals surface area (Å²) in [7, 11) is 2.12. The molecule has 0 unspecified atom stereocenters. The Morgan fingerprint density at radius 2 is 1.93 bits per heavy atom. The molecule has 0 amide bonds. The minimum atomic E-state index is -0.927. The predicted molar refractivity (Wildman–Crippen MR) is 161 cm³/mol. The molecule has 0 bridgehead atoms. The van der Waals surface area contributed by atoms with Gasteiger partial charge in [-0.1, -0.05) is 6.58 Å². The largest absolute Gasteiger partial charge is 0.448 e. The van der Waals surface area contributed by atoms with Gasteiger partial charge < -0.3 is 15.0 Å². The summed E-state index contributed by atoms with van der Waals surface area (Å²) in [5, 5.41) is 8.27. The average molecular weight is 605 g/mol. The van der Waals surface area contributed by atoms with Gasteiger partial charge in [-0.2, -0.15) is 10.1 Å². The summed E-state index contributed by atoms with van der Waals surface area (Å²) in [6, 6.07) is 4.36. The van der Waals surface area contributed by atoms with Gasteiger partial charge in [0.25, 0.3) is 5.56 Å². The van der Waals surface area contributed by atoms with Crippen molar-refractivity contribution >= 4 is 29.0 Å². The van der Waals surface area contributed by atoms with Crippen LogP contribution in [0.4, 0.5) is 20.4 Å². The molecule has 11 nitrogen and oxygen atoms in total. The van der Waals surface area contributed by atoms with Crippen LogP contribution in [-0.4, -0.2) is 80.2 Å². The number of nitrogens with one attached hydrogen (secondary N) is 1. The van der Waals surface area contributed by atoms with Crippen molar-refractivity contribution < 1.29 is 18.3 Å². The standard InChI is InChI=1S/C31H34F2N8O3/c1-20(19-42)16-39-9-3-4-25(18-39)41-29-21(12-28(30(41)43)44-27-6-5-22(32)13-26(27)33)14-34-31(37-29)36-23-15-35-40(17-23)24-7-10-38(2)11-8-24/h5-6,12-15,17,19,24-25H,1,3-4,7-11,16,18H2,2H3,(H,34,36,37)/t25-/m1/s1. The van der Waals surface area contributed by atoms with E-state index in [0.29, 0.717) is 48.2 Å².